The Morgan fingerprint density at radius 2 is 1.46 bits per heavy atom. The van der Waals surface area contributed by atoms with E-state index in [0.717, 1.165) is 0 Å². The maximum Gasteiger partial charge on any atom is 0.295 e. The summed E-state index contributed by atoms with van der Waals surface area (Å²) in [5.41, 5.74) is 4.66. The number of rotatable bonds is 1. The standard InChI is InChI=1S/C6H4N2O5/c7-4(11)1-2(9)5(12)8-6(13)3(1)10/h1H,(H2,7,11)(H,8,12,13). The van der Waals surface area contributed by atoms with Gasteiger partial charge in [-0.05, 0) is 0 Å². The van der Waals surface area contributed by atoms with Crippen molar-refractivity contribution >= 4 is 29.3 Å². The van der Waals surface area contributed by atoms with Crippen molar-refractivity contribution in [3.8, 4) is 0 Å². The predicted molar refractivity (Wildman–Crippen MR) is 35.8 cm³/mol. The zero-order valence-electron chi connectivity index (χ0n) is 6.20. The summed E-state index contributed by atoms with van der Waals surface area (Å²) in [6.45, 7) is 0. The largest absolute Gasteiger partial charge is 0.369 e. The highest BCUT2D eigenvalue weighted by atomic mass is 16.2. The van der Waals surface area contributed by atoms with Crippen LogP contribution in [-0.4, -0.2) is 29.3 Å². The average molecular weight is 184 g/mol. The van der Waals surface area contributed by atoms with E-state index in [1.807, 2.05) is 0 Å². The Bertz CT molecular complexity index is 319. The fourth-order valence-corrected chi connectivity index (χ4v) is 0.866. The van der Waals surface area contributed by atoms with Crippen molar-refractivity contribution in [2.24, 2.45) is 11.7 Å². The highest BCUT2D eigenvalue weighted by Crippen LogP contribution is 2.05. The molecule has 0 aromatic rings. The molecule has 1 fully saturated rings. The minimum Gasteiger partial charge on any atom is -0.369 e. The first kappa shape index (κ1) is 9.04. The van der Waals surface area contributed by atoms with Gasteiger partial charge in [0.15, 0.2) is 5.92 Å². The number of Topliss-reactive ketones (excluding diaryl/α,β-unsaturated/α-hetero) is 2. The Morgan fingerprint density at radius 1 is 1.08 bits per heavy atom. The van der Waals surface area contributed by atoms with Gasteiger partial charge in [-0.1, -0.05) is 0 Å². The van der Waals surface area contributed by atoms with Crippen LogP contribution in [0.4, 0.5) is 0 Å². The number of carbonyl (C=O) groups is 5. The zero-order chi connectivity index (χ0) is 10.2. The summed E-state index contributed by atoms with van der Waals surface area (Å²) in [5, 5.41) is 1.48. The van der Waals surface area contributed by atoms with E-state index in [2.05, 4.69) is 5.73 Å². The maximum atomic E-state index is 10.8. The van der Waals surface area contributed by atoms with Crippen molar-refractivity contribution in [3.05, 3.63) is 0 Å². The fourth-order valence-electron chi connectivity index (χ4n) is 0.866. The van der Waals surface area contributed by atoms with Gasteiger partial charge in [0.25, 0.3) is 11.8 Å². The average Bonchev–Trinajstić information content (AvgIpc) is 2.01. The molecule has 0 aromatic heterocycles. The molecule has 13 heavy (non-hydrogen) atoms. The molecule has 0 radical (unpaired) electrons. The number of imide groups is 1. The lowest BCUT2D eigenvalue weighted by Crippen LogP contribution is -2.56. The Hall–Kier alpha value is -2.05. The van der Waals surface area contributed by atoms with Crippen molar-refractivity contribution in [3.63, 3.8) is 0 Å². The van der Waals surface area contributed by atoms with Gasteiger partial charge in [0.05, 0.1) is 0 Å². The third-order valence-electron chi connectivity index (χ3n) is 1.48. The monoisotopic (exact) mass is 184 g/mol. The molecule has 1 rings (SSSR count). The van der Waals surface area contributed by atoms with Gasteiger partial charge in [-0.3, -0.25) is 29.3 Å². The van der Waals surface area contributed by atoms with E-state index in [1.165, 1.54) is 5.32 Å². The van der Waals surface area contributed by atoms with Crippen LogP contribution >= 0.6 is 0 Å². The summed E-state index contributed by atoms with van der Waals surface area (Å²) in [6, 6.07) is 0. The summed E-state index contributed by atoms with van der Waals surface area (Å²) in [5.74, 6) is -8.41. The van der Waals surface area contributed by atoms with Gasteiger partial charge in [-0.25, -0.2) is 0 Å². The molecule has 1 aliphatic rings. The van der Waals surface area contributed by atoms with Gasteiger partial charge in [0.1, 0.15) is 0 Å². The lowest BCUT2D eigenvalue weighted by atomic mass is 9.94. The molecule has 0 atom stereocenters. The summed E-state index contributed by atoms with van der Waals surface area (Å²) >= 11 is 0. The van der Waals surface area contributed by atoms with Crippen LogP contribution in [0.15, 0.2) is 0 Å². The smallest absolute Gasteiger partial charge is 0.295 e. The van der Waals surface area contributed by atoms with Crippen molar-refractivity contribution in [2.75, 3.05) is 0 Å². The second kappa shape index (κ2) is 2.77. The molecule has 0 spiro atoms. The number of nitrogens with one attached hydrogen (secondary N) is 1. The van der Waals surface area contributed by atoms with Crippen LogP contribution in [0.1, 0.15) is 0 Å². The summed E-state index contributed by atoms with van der Waals surface area (Å²) in [6.07, 6.45) is 0. The molecule has 0 saturated carbocycles. The normalized spacial score (nSPS) is 18.8. The number of piperidine rings is 1. The van der Waals surface area contributed by atoms with E-state index < -0.39 is 35.2 Å². The number of carbonyl (C=O) groups excluding carboxylic acids is 5. The molecule has 0 bridgehead atoms. The maximum absolute atomic E-state index is 10.8. The molecule has 1 saturated heterocycles. The van der Waals surface area contributed by atoms with Crippen LogP contribution in [-0.2, 0) is 24.0 Å². The number of hydrogen-bond acceptors (Lipinski definition) is 5. The van der Waals surface area contributed by atoms with E-state index in [9.17, 15) is 24.0 Å². The van der Waals surface area contributed by atoms with Crippen LogP contribution < -0.4 is 11.1 Å². The van der Waals surface area contributed by atoms with Gasteiger partial charge in [-0.15, -0.1) is 0 Å². The zero-order valence-corrected chi connectivity index (χ0v) is 6.20. The topological polar surface area (TPSA) is 123 Å². The number of hydrogen-bond donors (Lipinski definition) is 2. The molecule has 0 aromatic carbocycles. The molecule has 0 aliphatic carbocycles. The lowest BCUT2D eigenvalue weighted by Gasteiger charge is -2.14. The summed E-state index contributed by atoms with van der Waals surface area (Å²) in [7, 11) is 0. The van der Waals surface area contributed by atoms with Gasteiger partial charge >= 0.3 is 0 Å². The van der Waals surface area contributed by atoms with E-state index in [0.29, 0.717) is 0 Å². The molecule has 68 valence electrons. The number of nitrogens with two attached hydrogens (primary N) is 1. The molecule has 1 heterocycles. The highest BCUT2D eigenvalue weighted by molar-refractivity contribution is 6.61. The van der Waals surface area contributed by atoms with Crippen LogP contribution in [0.25, 0.3) is 0 Å². The van der Waals surface area contributed by atoms with E-state index >= 15 is 0 Å². The Labute approximate surface area is 71.3 Å². The minimum atomic E-state index is -1.96. The first-order valence-electron chi connectivity index (χ1n) is 3.18. The van der Waals surface area contributed by atoms with E-state index in [1.54, 1.807) is 0 Å². The van der Waals surface area contributed by atoms with Crippen molar-refractivity contribution in [2.45, 2.75) is 0 Å². The van der Waals surface area contributed by atoms with Crippen molar-refractivity contribution < 1.29 is 24.0 Å². The van der Waals surface area contributed by atoms with E-state index in [4.69, 9.17) is 0 Å². The molecule has 1 aliphatic heterocycles. The van der Waals surface area contributed by atoms with Gasteiger partial charge in [-0.2, -0.15) is 0 Å². The molecule has 3 N–H and O–H groups in total. The highest BCUT2D eigenvalue weighted by Gasteiger charge is 2.45. The van der Waals surface area contributed by atoms with Gasteiger partial charge in [0, 0.05) is 0 Å². The second-order valence-corrected chi connectivity index (χ2v) is 2.35. The molecule has 3 amide bonds. The minimum absolute atomic E-state index is 1.28. The van der Waals surface area contributed by atoms with Crippen molar-refractivity contribution in [1.29, 1.82) is 0 Å². The van der Waals surface area contributed by atoms with Crippen LogP contribution in [0.5, 0.6) is 0 Å². The third-order valence-corrected chi connectivity index (χ3v) is 1.48. The van der Waals surface area contributed by atoms with Crippen LogP contribution in [0.2, 0.25) is 0 Å². The number of primary amides is 1. The Balaban J connectivity index is 3.09. The number of amides is 3. The quantitative estimate of drug-likeness (QED) is 0.253. The molecule has 7 heteroatoms. The summed E-state index contributed by atoms with van der Waals surface area (Å²) < 4.78 is 0. The van der Waals surface area contributed by atoms with Gasteiger partial charge < -0.3 is 5.73 Å². The molecular weight excluding hydrogens is 180 g/mol. The van der Waals surface area contributed by atoms with E-state index in [-0.39, 0.29) is 0 Å². The Kier molecular flexibility index (Phi) is 1.93. The summed E-state index contributed by atoms with van der Waals surface area (Å²) in [4.78, 5) is 53.4. The SMILES string of the molecule is NC(=O)C1C(=O)C(=O)NC(=O)C1=O. The molecule has 7 nitrogen and oxygen atoms in total. The first-order valence-corrected chi connectivity index (χ1v) is 3.18. The molecule has 0 unspecified atom stereocenters. The Morgan fingerprint density at radius 3 is 1.77 bits per heavy atom. The third kappa shape index (κ3) is 1.31. The lowest BCUT2D eigenvalue weighted by molar-refractivity contribution is -0.156. The van der Waals surface area contributed by atoms with Crippen LogP contribution in [0.3, 0.4) is 0 Å². The van der Waals surface area contributed by atoms with Crippen molar-refractivity contribution in [1.82, 2.24) is 5.32 Å². The fraction of sp³-hybridized carbons (Fsp3) is 0.167. The predicted octanol–water partition coefficient (Wildman–Crippen LogP) is -3.12. The first-order chi connectivity index (χ1) is 5.95. The molecular formula is C6H4N2O5. The number of ketones is 2. The second-order valence-electron chi connectivity index (χ2n) is 2.35. The van der Waals surface area contributed by atoms with Crippen LogP contribution in [0, 0.1) is 5.92 Å². The van der Waals surface area contributed by atoms with Gasteiger partial charge in [0.2, 0.25) is 17.5 Å².